The lowest BCUT2D eigenvalue weighted by Gasteiger charge is -2.32. The van der Waals surface area contributed by atoms with Gasteiger partial charge in [-0.15, -0.1) is 0 Å². The Bertz CT molecular complexity index is 1190. The summed E-state index contributed by atoms with van der Waals surface area (Å²) in [6, 6.07) is 25.1. The summed E-state index contributed by atoms with van der Waals surface area (Å²) in [5.41, 5.74) is 3.17. The molecule has 4 rings (SSSR count). The summed E-state index contributed by atoms with van der Waals surface area (Å²) in [5.74, 6) is 0.731. The molecule has 0 aromatic heterocycles. The number of halogens is 1. The van der Waals surface area contributed by atoms with Crippen molar-refractivity contribution in [3.63, 3.8) is 0 Å². The molecule has 0 bridgehead atoms. The third kappa shape index (κ3) is 7.94. The standard InChI is InChI=1S/C32H37BrN2O3/c1-23(2)26-15-17-29(18-16-26)38-22-31(36)35(21-25-11-8-12-27(33)19-25)30(20-24-9-4-3-5-10-24)32(37)34-28-13-6-7-14-28/h3-5,8-12,15-19,23,28,30H,6-7,13-14,20-22H2,1-2H3,(H,34,37). The van der Waals surface area contributed by atoms with Gasteiger partial charge in [0, 0.05) is 23.5 Å². The average Bonchev–Trinajstić information content (AvgIpc) is 3.43. The molecular weight excluding hydrogens is 540 g/mol. The summed E-state index contributed by atoms with van der Waals surface area (Å²) in [5, 5.41) is 3.24. The SMILES string of the molecule is CC(C)c1ccc(OCC(=O)N(Cc2cccc(Br)c2)C(Cc2ccccc2)C(=O)NC2CCCC2)cc1. The highest BCUT2D eigenvalue weighted by Gasteiger charge is 2.32. The number of nitrogens with zero attached hydrogens (tertiary/aromatic N) is 1. The fourth-order valence-electron chi connectivity index (χ4n) is 4.93. The summed E-state index contributed by atoms with van der Waals surface area (Å²) in [6.45, 7) is 4.45. The van der Waals surface area contributed by atoms with Crippen LogP contribution in [0.15, 0.2) is 83.3 Å². The number of nitrogens with one attached hydrogen (secondary N) is 1. The molecule has 38 heavy (non-hydrogen) atoms. The van der Waals surface area contributed by atoms with E-state index in [0.29, 0.717) is 24.6 Å². The highest BCUT2D eigenvalue weighted by atomic mass is 79.9. The summed E-state index contributed by atoms with van der Waals surface area (Å²) >= 11 is 3.54. The zero-order valence-corrected chi connectivity index (χ0v) is 23.8. The lowest BCUT2D eigenvalue weighted by Crippen LogP contribution is -2.53. The Labute approximate surface area is 234 Å². The van der Waals surface area contributed by atoms with Crippen LogP contribution in [-0.2, 0) is 22.6 Å². The van der Waals surface area contributed by atoms with Gasteiger partial charge in [0.05, 0.1) is 0 Å². The number of benzene rings is 3. The van der Waals surface area contributed by atoms with E-state index < -0.39 is 6.04 Å². The van der Waals surface area contributed by atoms with Gasteiger partial charge in [-0.3, -0.25) is 9.59 Å². The molecule has 1 unspecified atom stereocenters. The monoisotopic (exact) mass is 576 g/mol. The highest BCUT2D eigenvalue weighted by molar-refractivity contribution is 9.10. The number of carbonyl (C=O) groups is 2. The van der Waals surface area contributed by atoms with Gasteiger partial charge in [-0.05, 0) is 59.7 Å². The van der Waals surface area contributed by atoms with Gasteiger partial charge in [0.1, 0.15) is 11.8 Å². The molecule has 5 nitrogen and oxygen atoms in total. The first-order valence-corrected chi connectivity index (χ1v) is 14.3. The fourth-order valence-corrected chi connectivity index (χ4v) is 5.38. The molecule has 2 amide bonds. The Hall–Kier alpha value is -3.12. The van der Waals surface area contributed by atoms with Gasteiger partial charge in [-0.25, -0.2) is 0 Å². The van der Waals surface area contributed by atoms with Crippen molar-refractivity contribution in [1.82, 2.24) is 10.2 Å². The maximum absolute atomic E-state index is 13.8. The summed E-state index contributed by atoms with van der Waals surface area (Å²) in [6.07, 6.45) is 4.65. The van der Waals surface area contributed by atoms with Crippen molar-refractivity contribution in [3.8, 4) is 5.75 Å². The first-order valence-electron chi connectivity index (χ1n) is 13.5. The van der Waals surface area contributed by atoms with Gasteiger partial charge in [0.2, 0.25) is 5.91 Å². The zero-order valence-electron chi connectivity index (χ0n) is 22.2. The van der Waals surface area contributed by atoms with E-state index in [1.54, 1.807) is 4.90 Å². The van der Waals surface area contributed by atoms with E-state index in [2.05, 4.69) is 35.1 Å². The minimum atomic E-state index is -0.656. The maximum Gasteiger partial charge on any atom is 0.261 e. The van der Waals surface area contributed by atoms with E-state index in [0.717, 1.165) is 41.3 Å². The second-order valence-electron chi connectivity index (χ2n) is 10.4. The molecule has 3 aromatic rings. The van der Waals surface area contributed by atoms with Gasteiger partial charge in [-0.1, -0.05) is 97.2 Å². The minimum absolute atomic E-state index is 0.106. The van der Waals surface area contributed by atoms with E-state index in [1.165, 1.54) is 5.56 Å². The van der Waals surface area contributed by atoms with E-state index in [-0.39, 0.29) is 24.5 Å². The summed E-state index contributed by atoms with van der Waals surface area (Å²) < 4.78 is 6.86. The molecular formula is C32H37BrN2O3. The first-order chi connectivity index (χ1) is 18.4. The van der Waals surface area contributed by atoms with E-state index >= 15 is 0 Å². The van der Waals surface area contributed by atoms with Crippen LogP contribution in [-0.4, -0.2) is 35.4 Å². The largest absolute Gasteiger partial charge is 0.484 e. The van der Waals surface area contributed by atoms with Gasteiger partial charge >= 0.3 is 0 Å². The molecule has 0 radical (unpaired) electrons. The van der Waals surface area contributed by atoms with E-state index in [9.17, 15) is 9.59 Å². The van der Waals surface area contributed by atoms with Crippen LogP contribution in [0.3, 0.4) is 0 Å². The Morgan fingerprint density at radius 2 is 1.63 bits per heavy atom. The van der Waals surface area contributed by atoms with E-state index in [1.807, 2.05) is 78.9 Å². The van der Waals surface area contributed by atoms with Gasteiger partial charge in [-0.2, -0.15) is 0 Å². The molecule has 0 aliphatic heterocycles. The molecule has 6 heteroatoms. The fraction of sp³-hybridized carbons (Fsp3) is 0.375. The smallest absolute Gasteiger partial charge is 0.261 e. The third-order valence-corrected chi connectivity index (χ3v) is 7.62. The van der Waals surface area contributed by atoms with Crippen molar-refractivity contribution in [2.24, 2.45) is 0 Å². The molecule has 200 valence electrons. The molecule has 0 saturated heterocycles. The first kappa shape index (κ1) is 27.9. The van der Waals surface area contributed by atoms with Gasteiger partial charge in [0.15, 0.2) is 6.61 Å². The lowest BCUT2D eigenvalue weighted by atomic mass is 10.0. The quantitative estimate of drug-likeness (QED) is 0.278. The minimum Gasteiger partial charge on any atom is -0.484 e. The highest BCUT2D eigenvalue weighted by Crippen LogP contribution is 2.22. The Morgan fingerprint density at radius 3 is 2.29 bits per heavy atom. The maximum atomic E-state index is 13.8. The molecule has 0 spiro atoms. The number of ether oxygens (including phenoxy) is 1. The summed E-state index contributed by atoms with van der Waals surface area (Å²) in [7, 11) is 0. The number of hydrogen-bond acceptors (Lipinski definition) is 3. The molecule has 1 fully saturated rings. The number of carbonyl (C=O) groups excluding carboxylic acids is 2. The topological polar surface area (TPSA) is 58.6 Å². The van der Waals surface area contributed by atoms with Crippen LogP contribution < -0.4 is 10.1 Å². The molecule has 1 N–H and O–H groups in total. The predicted octanol–water partition coefficient (Wildman–Crippen LogP) is 6.65. The van der Waals surface area contributed by atoms with Crippen molar-refractivity contribution in [3.05, 3.63) is 100 Å². The van der Waals surface area contributed by atoms with Crippen LogP contribution in [0.5, 0.6) is 5.75 Å². The molecule has 1 aliphatic rings. The van der Waals surface area contributed by atoms with Crippen molar-refractivity contribution in [1.29, 1.82) is 0 Å². The van der Waals surface area contributed by atoms with Gasteiger partial charge in [0.25, 0.3) is 5.91 Å². The van der Waals surface area contributed by atoms with Crippen LogP contribution in [0.25, 0.3) is 0 Å². The molecule has 0 heterocycles. The predicted molar refractivity (Wildman–Crippen MR) is 155 cm³/mol. The Morgan fingerprint density at radius 1 is 0.947 bits per heavy atom. The average molecular weight is 578 g/mol. The lowest BCUT2D eigenvalue weighted by molar-refractivity contribution is -0.143. The van der Waals surface area contributed by atoms with Crippen LogP contribution in [0.2, 0.25) is 0 Å². The molecule has 1 atom stereocenters. The van der Waals surface area contributed by atoms with Crippen LogP contribution in [0, 0.1) is 0 Å². The molecule has 1 saturated carbocycles. The number of rotatable bonds is 11. The van der Waals surface area contributed by atoms with Crippen LogP contribution in [0.1, 0.15) is 62.1 Å². The Kier molecular flexibility index (Phi) is 9.99. The second kappa shape index (κ2) is 13.6. The number of hydrogen-bond donors (Lipinski definition) is 1. The van der Waals surface area contributed by atoms with Crippen molar-refractivity contribution >= 4 is 27.7 Å². The van der Waals surface area contributed by atoms with Gasteiger partial charge < -0.3 is 15.0 Å². The van der Waals surface area contributed by atoms with Crippen molar-refractivity contribution < 1.29 is 14.3 Å². The second-order valence-corrected chi connectivity index (χ2v) is 11.3. The van der Waals surface area contributed by atoms with Crippen LogP contribution in [0.4, 0.5) is 0 Å². The zero-order chi connectivity index (χ0) is 26.9. The normalized spacial score (nSPS) is 14.3. The molecule has 3 aromatic carbocycles. The van der Waals surface area contributed by atoms with E-state index in [4.69, 9.17) is 4.74 Å². The molecule has 1 aliphatic carbocycles. The third-order valence-electron chi connectivity index (χ3n) is 7.12. The Balaban J connectivity index is 1.59. The van der Waals surface area contributed by atoms with Crippen molar-refractivity contribution in [2.45, 2.75) is 70.5 Å². The van der Waals surface area contributed by atoms with Crippen molar-refractivity contribution in [2.75, 3.05) is 6.61 Å². The summed E-state index contributed by atoms with van der Waals surface area (Å²) in [4.78, 5) is 29.2. The van der Waals surface area contributed by atoms with Crippen LogP contribution >= 0.6 is 15.9 Å². The number of amides is 2.